The molecule has 0 amide bonds. The molecule has 2 aliphatic rings. The van der Waals surface area contributed by atoms with E-state index in [0.29, 0.717) is 30.1 Å². The van der Waals surface area contributed by atoms with E-state index in [1.54, 1.807) is 23.0 Å². The number of aryl methyl sites for hydroxylation is 2. The summed E-state index contributed by atoms with van der Waals surface area (Å²) in [7, 11) is -2.94. The minimum absolute atomic E-state index is 0.587. The Morgan fingerprint density at radius 3 is 2.69 bits per heavy atom. The van der Waals surface area contributed by atoms with Gasteiger partial charge < -0.3 is 9.88 Å². The van der Waals surface area contributed by atoms with Crippen LogP contribution in [0.3, 0.4) is 0 Å². The lowest BCUT2D eigenvalue weighted by Crippen LogP contribution is -2.44. The first-order valence-corrected chi connectivity index (χ1v) is 13.8. The Hall–Kier alpha value is -3.70. The molecule has 6 rings (SSSR count). The first-order chi connectivity index (χ1) is 17.2. The molecule has 0 aliphatic carbocycles. The number of nitrogens with zero attached hydrogens (tertiary/aromatic N) is 7. The number of hydrogen-bond donors (Lipinski definition) is 2. The number of anilines is 1. The first kappa shape index (κ1) is 22.7. The summed E-state index contributed by atoms with van der Waals surface area (Å²) < 4.78 is 25.1. The SMILES string of the molecule is C=C1Nc2ccc(-c3ncnc4c3nc(-c3cnc(C)nc3)n4CC)cc2C12CCCN2S(C)(=N)=O. The second-order valence-corrected chi connectivity index (χ2v) is 11.4. The summed E-state index contributed by atoms with van der Waals surface area (Å²) in [5.41, 5.74) is 5.80. The number of imidazole rings is 1. The summed E-state index contributed by atoms with van der Waals surface area (Å²) in [5.74, 6) is 1.44. The van der Waals surface area contributed by atoms with E-state index in [-0.39, 0.29) is 0 Å². The Morgan fingerprint density at radius 2 is 1.97 bits per heavy atom. The molecule has 1 fully saturated rings. The normalized spacial score (nSPS) is 21.1. The van der Waals surface area contributed by atoms with E-state index in [1.165, 1.54) is 6.26 Å². The molecule has 0 saturated carbocycles. The van der Waals surface area contributed by atoms with Gasteiger partial charge in [0.2, 0.25) is 0 Å². The summed E-state index contributed by atoms with van der Waals surface area (Å²) >= 11 is 0. The molecule has 10 nitrogen and oxygen atoms in total. The highest BCUT2D eigenvalue weighted by atomic mass is 32.2. The van der Waals surface area contributed by atoms with Gasteiger partial charge >= 0.3 is 0 Å². The fourth-order valence-electron chi connectivity index (χ4n) is 5.58. The van der Waals surface area contributed by atoms with Gasteiger partial charge in [-0.25, -0.2) is 38.2 Å². The molecular weight excluding hydrogens is 474 g/mol. The van der Waals surface area contributed by atoms with Gasteiger partial charge in [-0.3, -0.25) is 0 Å². The van der Waals surface area contributed by atoms with Gasteiger partial charge in [-0.2, -0.15) is 0 Å². The number of nitrogens with one attached hydrogen (secondary N) is 2. The molecule has 1 aromatic carbocycles. The van der Waals surface area contributed by atoms with Gasteiger partial charge in [0.15, 0.2) is 5.65 Å². The third-order valence-electron chi connectivity index (χ3n) is 7.16. The van der Waals surface area contributed by atoms with E-state index in [4.69, 9.17) is 9.76 Å². The molecule has 11 heteroatoms. The lowest BCUT2D eigenvalue weighted by molar-refractivity contribution is 0.316. The quantitative estimate of drug-likeness (QED) is 0.431. The van der Waals surface area contributed by atoms with Crippen molar-refractivity contribution in [1.29, 1.82) is 4.78 Å². The van der Waals surface area contributed by atoms with Gasteiger partial charge in [0, 0.05) is 54.3 Å². The molecule has 2 N–H and O–H groups in total. The summed E-state index contributed by atoms with van der Waals surface area (Å²) in [5, 5.41) is 3.39. The fraction of sp³-hybridized carbons (Fsp3) is 0.320. The number of benzene rings is 1. The third kappa shape index (κ3) is 3.19. The van der Waals surface area contributed by atoms with Crippen LogP contribution >= 0.6 is 0 Å². The second kappa shape index (κ2) is 7.90. The van der Waals surface area contributed by atoms with Crippen LogP contribution in [0.4, 0.5) is 5.69 Å². The Labute approximate surface area is 209 Å². The van der Waals surface area contributed by atoms with Crippen LogP contribution in [0.5, 0.6) is 0 Å². The summed E-state index contributed by atoms with van der Waals surface area (Å²) in [6, 6.07) is 6.08. The van der Waals surface area contributed by atoms with Crippen molar-refractivity contribution in [2.45, 2.75) is 38.8 Å². The van der Waals surface area contributed by atoms with Crippen LogP contribution in [0.15, 0.2) is 49.2 Å². The Balaban J connectivity index is 1.54. The van der Waals surface area contributed by atoms with E-state index in [1.807, 2.05) is 23.6 Å². The Morgan fingerprint density at radius 1 is 1.19 bits per heavy atom. The van der Waals surface area contributed by atoms with Crippen molar-refractivity contribution in [1.82, 2.24) is 33.8 Å². The third-order valence-corrected chi connectivity index (χ3v) is 8.49. The second-order valence-electron chi connectivity index (χ2n) is 9.33. The van der Waals surface area contributed by atoms with Crippen LogP contribution in [-0.2, 0) is 22.0 Å². The highest BCUT2D eigenvalue weighted by molar-refractivity contribution is 7.89. The number of fused-ring (bicyclic) bond motifs is 3. The summed E-state index contributed by atoms with van der Waals surface area (Å²) in [6.07, 6.45) is 8.19. The van der Waals surface area contributed by atoms with Crippen LogP contribution in [0.25, 0.3) is 33.8 Å². The van der Waals surface area contributed by atoms with Crippen LogP contribution in [0.1, 0.15) is 31.2 Å². The zero-order valence-electron chi connectivity index (χ0n) is 20.4. The van der Waals surface area contributed by atoms with Crippen molar-refractivity contribution in [3.63, 3.8) is 0 Å². The minimum Gasteiger partial charge on any atom is -0.357 e. The maximum Gasteiger partial charge on any atom is 0.164 e. The van der Waals surface area contributed by atoms with Crippen molar-refractivity contribution in [3.05, 3.63) is 60.6 Å². The molecule has 2 atom stereocenters. The highest BCUT2D eigenvalue weighted by Crippen LogP contribution is 2.53. The van der Waals surface area contributed by atoms with E-state index in [9.17, 15) is 4.21 Å². The predicted molar refractivity (Wildman–Crippen MR) is 139 cm³/mol. The standard InChI is InChI=1S/C25H27N9OS/c1-5-33-23(18-12-27-16(3)28-13-18)32-22-21(29-14-30-24(22)33)17-7-8-20-19(11-17)25(15(2)31-20)9-6-10-34(25)36(4,26)35/h7-8,11-14,26,31H,2,5-6,9-10H2,1,3-4H3. The topological polar surface area (TPSA) is 126 Å². The zero-order valence-corrected chi connectivity index (χ0v) is 21.3. The van der Waals surface area contributed by atoms with E-state index < -0.39 is 15.5 Å². The minimum atomic E-state index is -2.94. The molecule has 0 radical (unpaired) electrons. The van der Waals surface area contributed by atoms with Crippen LogP contribution < -0.4 is 5.32 Å². The average Bonchev–Trinajstić information content (AvgIpc) is 3.54. The molecule has 1 saturated heterocycles. The molecule has 36 heavy (non-hydrogen) atoms. The molecule has 5 heterocycles. The van der Waals surface area contributed by atoms with Crippen molar-refractivity contribution < 1.29 is 4.21 Å². The van der Waals surface area contributed by atoms with Crippen molar-refractivity contribution in [3.8, 4) is 22.6 Å². The smallest absolute Gasteiger partial charge is 0.164 e. The maximum atomic E-state index is 12.9. The maximum absolute atomic E-state index is 12.9. The molecule has 1 spiro atoms. The number of hydrogen-bond acceptors (Lipinski definition) is 8. The lowest BCUT2D eigenvalue weighted by atomic mass is 9.87. The van der Waals surface area contributed by atoms with Gasteiger partial charge in [0.1, 0.15) is 44.6 Å². The van der Waals surface area contributed by atoms with E-state index in [0.717, 1.165) is 52.4 Å². The van der Waals surface area contributed by atoms with Crippen LogP contribution in [-0.4, -0.2) is 50.8 Å². The lowest BCUT2D eigenvalue weighted by Gasteiger charge is -2.35. The van der Waals surface area contributed by atoms with Gasteiger partial charge in [0.25, 0.3) is 0 Å². The summed E-state index contributed by atoms with van der Waals surface area (Å²) in [4.78, 5) is 22.8. The van der Waals surface area contributed by atoms with Crippen LogP contribution in [0, 0.1) is 11.7 Å². The Kier molecular flexibility index (Phi) is 4.99. The molecule has 184 valence electrons. The monoisotopic (exact) mass is 501 g/mol. The zero-order chi connectivity index (χ0) is 25.2. The van der Waals surface area contributed by atoms with Gasteiger partial charge in [-0.05, 0) is 38.8 Å². The van der Waals surface area contributed by atoms with E-state index >= 15 is 0 Å². The molecule has 3 aromatic heterocycles. The molecule has 2 unspecified atom stereocenters. The molecule has 0 bridgehead atoms. The van der Waals surface area contributed by atoms with Gasteiger partial charge in [0.05, 0.1) is 5.56 Å². The first-order valence-electron chi connectivity index (χ1n) is 11.9. The largest absolute Gasteiger partial charge is 0.357 e. The van der Waals surface area contributed by atoms with Crippen molar-refractivity contribution in [2.24, 2.45) is 0 Å². The van der Waals surface area contributed by atoms with Gasteiger partial charge in [-0.1, -0.05) is 12.6 Å². The highest BCUT2D eigenvalue weighted by Gasteiger charge is 2.52. The van der Waals surface area contributed by atoms with Crippen molar-refractivity contribution >= 4 is 26.8 Å². The van der Waals surface area contributed by atoms with E-state index in [2.05, 4.69) is 44.8 Å². The molecule has 2 aliphatic heterocycles. The average molecular weight is 502 g/mol. The molecular formula is C25H27N9OS. The van der Waals surface area contributed by atoms with Gasteiger partial charge in [-0.15, -0.1) is 0 Å². The molecule has 4 aromatic rings. The van der Waals surface area contributed by atoms with Crippen molar-refractivity contribution in [2.75, 3.05) is 18.1 Å². The fourth-order valence-corrected chi connectivity index (χ4v) is 6.96. The summed E-state index contributed by atoms with van der Waals surface area (Å²) in [6.45, 7) is 9.44. The number of rotatable bonds is 4. The number of aromatic nitrogens is 6. The van der Waals surface area contributed by atoms with Crippen LogP contribution in [0.2, 0.25) is 0 Å². The Bertz CT molecular complexity index is 1640. The predicted octanol–water partition coefficient (Wildman–Crippen LogP) is 4.10.